The second-order valence-electron chi connectivity index (χ2n) is 3.85. The normalized spacial score (nSPS) is 10.1. The summed E-state index contributed by atoms with van der Waals surface area (Å²) in [5.41, 5.74) is 0.393. The van der Waals surface area contributed by atoms with E-state index >= 15 is 0 Å². The van der Waals surface area contributed by atoms with Gasteiger partial charge in [0.15, 0.2) is 0 Å². The van der Waals surface area contributed by atoms with E-state index in [1.165, 1.54) is 17.8 Å². The highest BCUT2D eigenvalue weighted by Crippen LogP contribution is 2.24. The molecule has 0 unspecified atom stereocenters. The average molecular weight is 275 g/mol. The summed E-state index contributed by atoms with van der Waals surface area (Å²) in [5, 5.41) is 21.5. The van der Waals surface area contributed by atoms with Crippen LogP contribution in [0.5, 0.6) is 11.5 Å². The van der Waals surface area contributed by atoms with Gasteiger partial charge in [-0.2, -0.15) is 0 Å². The lowest BCUT2D eigenvalue weighted by Gasteiger charge is -2.06. The maximum absolute atomic E-state index is 11.7. The van der Waals surface area contributed by atoms with Crippen molar-refractivity contribution in [2.45, 2.75) is 4.90 Å². The van der Waals surface area contributed by atoms with Crippen molar-refractivity contribution >= 4 is 23.4 Å². The molecular weight excluding hydrogens is 262 g/mol. The third-order valence-corrected chi connectivity index (χ3v) is 3.36. The fourth-order valence-corrected chi connectivity index (χ4v) is 2.24. The Bertz CT molecular complexity index is 586. The highest BCUT2D eigenvalue weighted by atomic mass is 32.2. The molecule has 0 aliphatic rings. The number of carbonyl (C=O) groups is 1. The first-order chi connectivity index (χ1) is 9.15. The summed E-state index contributed by atoms with van der Waals surface area (Å²) in [7, 11) is 0. The van der Waals surface area contributed by atoms with Crippen LogP contribution in [0.1, 0.15) is 0 Å². The number of phenolic OH excluding ortho intramolecular Hbond substituents is 2. The summed E-state index contributed by atoms with van der Waals surface area (Å²) < 4.78 is 0. The summed E-state index contributed by atoms with van der Waals surface area (Å²) >= 11 is 1.31. The minimum Gasteiger partial charge on any atom is -0.508 e. The third-order valence-electron chi connectivity index (χ3n) is 2.37. The summed E-state index contributed by atoms with van der Waals surface area (Å²) in [6, 6.07) is 13.3. The topological polar surface area (TPSA) is 69.6 Å². The summed E-state index contributed by atoms with van der Waals surface area (Å²) in [6.45, 7) is 0. The Kier molecular flexibility index (Phi) is 4.30. The molecule has 2 rings (SSSR count). The zero-order valence-corrected chi connectivity index (χ0v) is 10.9. The van der Waals surface area contributed by atoms with E-state index in [4.69, 9.17) is 0 Å². The minimum atomic E-state index is -0.213. The van der Waals surface area contributed by atoms with E-state index in [1.807, 2.05) is 6.07 Å². The molecule has 0 aliphatic heterocycles. The van der Waals surface area contributed by atoms with Crippen molar-refractivity contribution in [1.82, 2.24) is 0 Å². The molecule has 2 aromatic rings. The van der Waals surface area contributed by atoms with Crippen LogP contribution in [0, 0.1) is 0 Å². The van der Waals surface area contributed by atoms with Gasteiger partial charge in [0.25, 0.3) is 0 Å². The Hall–Kier alpha value is -2.14. The van der Waals surface area contributed by atoms with Crippen LogP contribution >= 0.6 is 11.8 Å². The number of anilines is 1. The van der Waals surface area contributed by atoms with Gasteiger partial charge in [-0.1, -0.05) is 18.2 Å². The van der Waals surface area contributed by atoms with Gasteiger partial charge in [-0.3, -0.25) is 4.79 Å². The molecule has 0 atom stereocenters. The number of thioether (sulfide) groups is 1. The van der Waals surface area contributed by atoms with Gasteiger partial charge in [0.1, 0.15) is 11.5 Å². The zero-order valence-electron chi connectivity index (χ0n) is 10.0. The van der Waals surface area contributed by atoms with Gasteiger partial charge in [-0.15, -0.1) is 11.8 Å². The van der Waals surface area contributed by atoms with Crippen molar-refractivity contribution in [3.8, 4) is 11.5 Å². The molecule has 19 heavy (non-hydrogen) atoms. The first-order valence-corrected chi connectivity index (χ1v) is 6.63. The SMILES string of the molecule is O=C(CSc1cccc(O)c1)Nc1ccccc1O. The lowest BCUT2D eigenvalue weighted by atomic mass is 10.3. The van der Waals surface area contributed by atoms with Gasteiger partial charge in [0.2, 0.25) is 5.91 Å². The third kappa shape index (κ3) is 3.93. The molecule has 0 saturated heterocycles. The van der Waals surface area contributed by atoms with Crippen LogP contribution in [-0.4, -0.2) is 21.9 Å². The minimum absolute atomic E-state index is 0.0400. The number of benzene rings is 2. The molecule has 3 N–H and O–H groups in total. The molecule has 0 saturated carbocycles. The predicted molar refractivity (Wildman–Crippen MR) is 75.6 cm³/mol. The molecule has 0 heterocycles. The van der Waals surface area contributed by atoms with Gasteiger partial charge in [0.05, 0.1) is 11.4 Å². The van der Waals surface area contributed by atoms with Gasteiger partial charge in [-0.25, -0.2) is 0 Å². The number of amides is 1. The van der Waals surface area contributed by atoms with Crippen molar-refractivity contribution in [3.63, 3.8) is 0 Å². The highest BCUT2D eigenvalue weighted by molar-refractivity contribution is 8.00. The first kappa shape index (κ1) is 13.3. The van der Waals surface area contributed by atoms with Crippen LogP contribution in [-0.2, 0) is 4.79 Å². The molecule has 0 aromatic heterocycles. The number of para-hydroxylation sites is 2. The van der Waals surface area contributed by atoms with E-state index in [0.717, 1.165) is 4.90 Å². The van der Waals surface area contributed by atoms with Crippen LogP contribution in [0.2, 0.25) is 0 Å². The van der Waals surface area contributed by atoms with Crippen LogP contribution in [0.4, 0.5) is 5.69 Å². The fourth-order valence-electron chi connectivity index (χ4n) is 1.49. The van der Waals surface area contributed by atoms with Crippen molar-refractivity contribution in [3.05, 3.63) is 48.5 Å². The van der Waals surface area contributed by atoms with Gasteiger partial charge in [-0.05, 0) is 30.3 Å². The number of rotatable bonds is 4. The van der Waals surface area contributed by atoms with E-state index in [0.29, 0.717) is 5.69 Å². The lowest BCUT2D eigenvalue weighted by Crippen LogP contribution is -2.13. The Morgan fingerprint density at radius 1 is 1.11 bits per heavy atom. The van der Waals surface area contributed by atoms with Crippen molar-refractivity contribution in [2.75, 3.05) is 11.1 Å². The Balaban J connectivity index is 1.90. The van der Waals surface area contributed by atoms with E-state index in [1.54, 1.807) is 36.4 Å². The fraction of sp³-hybridized carbons (Fsp3) is 0.0714. The smallest absolute Gasteiger partial charge is 0.234 e. The average Bonchev–Trinajstić information content (AvgIpc) is 2.39. The maximum Gasteiger partial charge on any atom is 0.234 e. The Labute approximate surface area is 115 Å². The summed E-state index contributed by atoms with van der Waals surface area (Å²) in [6.07, 6.45) is 0. The molecule has 2 aromatic carbocycles. The van der Waals surface area contributed by atoms with Crippen molar-refractivity contribution in [2.24, 2.45) is 0 Å². The predicted octanol–water partition coefficient (Wildman–Crippen LogP) is 2.83. The lowest BCUT2D eigenvalue weighted by molar-refractivity contribution is -0.113. The number of nitrogens with one attached hydrogen (secondary N) is 1. The van der Waals surface area contributed by atoms with Crippen LogP contribution in [0.3, 0.4) is 0 Å². The summed E-state index contributed by atoms with van der Waals surface area (Å²) in [4.78, 5) is 12.5. The number of aromatic hydroxyl groups is 2. The zero-order chi connectivity index (χ0) is 13.7. The molecule has 1 amide bonds. The standard InChI is InChI=1S/C14H13NO3S/c16-10-4-3-5-11(8-10)19-9-14(18)15-12-6-1-2-7-13(12)17/h1-8,16-17H,9H2,(H,15,18). The molecule has 4 nitrogen and oxygen atoms in total. The van der Waals surface area contributed by atoms with Gasteiger partial charge >= 0.3 is 0 Å². The van der Waals surface area contributed by atoms with Crippen LogP contribution in [0.25, 0.3) is 0 Å². The maximum atomic E-state index is 11.7. The number of carbonyl (C=O) groups excluding carboxylic acids is 1. The molecule has 0 spiro atoms. The monoisotopic (exact) mass is 275 g/mol. The van der Waals surface area contributed by atoms with E-state index < -0.39 is 0 Å². The van der Waals surface area contributed by atoms with Crippen LogP contribution < -0.4 is 5.32 Å². The molecule has 0 bridgehead atoms. The number of hydrogen-bond donors (Lipinski definition) is 3. The number of hydrogen-bond acceptors (Lipinski definition) is 4. The second kappa shape index (κ2) is 6.15. The number of phenols is 2. The molecule has 98 valence electrons. The highest BCUT2D eigenvalue weighted by Gasteiger charge is 2.06. The summed E-state index contributed by atoms with van der Waals surface area (Å²) in [5.74, 6) is 0.205. The largest absolute Gasteiger partial charge is 0.508 e. The van der Waals surface area contributed by atoms with E-state index in [-0.39, 0.29) is 23.2 Å². The van der Waals surface area contributed by atoms with E-state index in [2.05, 4.69) is 5.32 Å². The van der Waals surface area contributed by atoms with Crippen LogP contribution in [0.15, 0.2) is 53.4 Å². The molecule has 0 fully saturated rings. The quantitative estimate of drug-likeness (QED) is 0.593. The molecular formula is C14H13NO3S. The Morgan fingerprint density at radius 2 is 1.89 bits per heavy atom. The van der Waals surface area contributed by atoms with Gasteiger partial charge < -0.3 is 15.5 Å². The van der Waals surface area contributed by atoms with Gasteiger partial charge in [0, 0.05) is 4.90 Å². The first-order valence-electron chi connectivity index (χ1n) is 5.65. The van der Waals surface area contributed by atoms with Crippen molar-refractivity contribution < 1.29 is 15.0 Å². The van der Waals surface area contributed by atoms with E-state index in [9.17, 15) is 15.0 Å². The Morgan fingerprint density at radius 3 is 2.63 bits per heavy atom. The molecule has 5 heteroatoms. The van der Waals surface area contributed by atoms with Crippen molar-refractivity contribution in [1.29, 1.82) is 0 Å². The second-order valence-corrected chi connectivity index (χ2v) is 4.90. The molecule has 0 aliphatic carbocycles. The molecule has 0 radical (unpaired) electrons.